The van der Waals surface area contributed by atoms with Crippen molar-refractivity contribution in [3.05, 3.63) is 65.4 Å². The predicted molar refractivity (Wildman–Crippen MR) is 127 cm³/mol. The van der Waals surface area contributed by atoms with E-state index in [0.29, 0.717) is 43.7 Å². The molecule has 0 unspecified atom stereocenters. The fourth-order valence-electron chi connectivity index (χ4n) is 5.22. The highest BCUT2D eigenvalue weighted by Crippen LogP contribution is 2.36. The van der Waals surface area contributed by atoms with Crippen molar-refractivity contribution in [1.82, 2.24) is 15.2 Å². The van der Waals surface area contributed by atoms with Gasteiger partial charge in [-0.2, -0.15) is 0 Å². The Hall–Kier alpha value is -3.26. The Morgan fingerprint density at radius 2 is 1.85 bits per heavy atom. The molecule has 2 aliphatic rings. The van der Waals surface area contributed by atoms with Crippen LogP contribution in [0.15, 0.2) is 42.5 Å². The van der Waals surface area contributed by atoms with Crippen LogP contribution in [-0.4, -0.2) is 53.4 Å². The number of piperidine rings is 1. The van der Waals surface area contributed by atoms with Gasteiger partial charge in [-0.1, -0.05) is 11.6 Å². The standard InChI is InChI=1S/C26H28F2N4O2/c1-17-4-7-22-18(13-17)14-23(30-22)24(33)3-2-10-31-11-8-26(9-12-31)25(34)29-16-32(26)19-5-6-20(27)21(28)15-19/h4-7,13-15,30H,2-3,8-12,16H2,1H3,(H,29,34). The van der Waals surface area contributed by atoms with Crippen LogP contribution in [0.5, 0.6) is 0 Å². The number of fused-ring (bicyclic) bond motifs is 1. The number of benzene rings is 2. The van der Waals surface area contributed by atoms with Gasteiger partial charge in [-0.25, -0.2) is 8.78 Å². The molecule has 1 spiro atoms. The molecule has 1 aromatic heterocycles. The monoisotopic (exact) mass is 466 g/mol. The summed E-state index contributed by atoms with van der Waals surface area (Å²) in [5.41, 5.74) is 2.52. The number of rotatable bonds is 6. The molecule has 0 aliphatic carbocycles. The van der Waals surface area contributed by atoms with Crippen molar-refractivity contribution in [3.8, 4) is 0 Å². The number of hydrogen-bond donors (Lipinski definition) is 2. The number of anilines is 1. The Balaban J connectivity index is 1.17. The molecular formula is C26H28F2N4O2. The van der Waals surface area contributed by atoms with E-state index < -0.39 is 17.2 Å². The Labute approximate surface area is 196 Å². The van der Waals surface area contributed by atoms with Crippen LogP contribution in [0.25, 0.3) is 10.9 Å². The molecule has 2 fully saturated rings. The van der Waals surface area contributed by atoms with Crippen molar-refractivity contribution < 1.29 is 18.4 Å². The van der Waals surface area contributed by atoms with Crippen LogP contribution in [0, 0.1) is 18.6 Å². The van der Waals surface area contributed by atoms with E-state index in [-0.39, 0.29) is 18.4 Å². The van der Waals surface area contributed by atoms with Gasteiger partial charge in [-0.3, -0.25) is 9.59 Å². The minimum atomic E-state index is -0.917. The number of hydrogen-bond acceptors (Lipinski definition) is 4. The second kappa shape index (κ2) is 8.83. The van der Waals surface area contributed by atoms with Gasteiger partial charge in [-0.05, 0) is 63.1 Å². The molecule has 0 atom stereocenters. The van der Waals surface area contributed by atoms with Gasteiger partial charge in [0, 0.05) is 42.2 Å². The maximum atomic E-state index is 13.8. The Morgan fingerprint density at radius 3 is 2.62 bits per heavy atom. The summed E-state index contributed by atoms with van der Waals surface area (Å²) >= 11 is 0. The SMILES string of the molecule is Cc1ccc2[nH]c(C(=O)CCCN3CCC4(CC3)C(=O)NCN4c3ccc(F)c(F)c3)cc2c1. The molecule has 2 saturated heterocycles. The Bertz CT molecular complexity index is 1250. The molecule has 0 radical (unpaired) electrons. The van der Waals surface area contributed by atoms with E-state index in [1.54, 1.807) is 0 Å². The van der Waals surface area contributed by atoms with Gasteiger partial charge in [0.2, 0.25) is 5.91 Å². The van der Waals surface area contributed by atoms with E-state index in [4.69, 9.17) is 0 Å². The number of nitrogens with one attached hydrogen (secondary N) is 2. The third kappa shape index (κ3) is 4.07. The smallest absolute Gasteiger partial charge is 0.247 e. The molecule has 3 aromatic rings. The van der Waals surface area contributed by atoms with E-state index in [1.807, 2.05) is 30.0 Å². The summed E-state index contributed by atoms with van der Waals surface area (Å²) in [7, 11) is 0. The molecule has 2 N–H and O–H groups in total. The number of halogens is 2. The second-order valence-corrected chi connectivity index (χ2v) is 9.36. The van der Waals surface area contributed by atoms with Crippen LogP contribution in [0.3, 0.4) is 0 Å². The highest BCUT2D eigenvalue weighted by Gasteiger charge is 2.50. The molecular weight excluding hydrogens is 438 g/mol. The van der Waals surface area contributed by atoms with Crippen LogP contribution in [-0.2, 0) is 4.79 Å². The normalized spacial score (nSPS) is 18.1. The van der Waals surface area contributed by atoms with Gasteiger partial charge >= 0.3 is 0 Å². The molecule has 8 heteroatoms. The minimum absolute atomic E-state index is 0.0684. The quantitative estimate of drug-likeness (QED) is 0.536. The fourth-order valence-corrected chi connectivity index (χ4v) is 5.22. The number of likely N-dealkylation sites (tertiary alicyclic amines) is 1. The second-order valence-electron chi connectivity index (χ2n) is 9.36. The molecule has 1 amide bonds. The number of Topliss-reactive ketones (excluding diaryl/α,β-unsaturated/α-hetero) is 1. The van der Waals surface area contributed by atoms with Crippen molar-refractivity contribution in [2.24, 2.45) is 0 Å². The number of ketones is 1. The lowest BCUT2D eigenvalue weighted by atomic mass is 9.85. The molecule has 5 rings (SSSR count). The molecule has 0 bridgehead atoms. The zero-order valence-electron chi connectivity index (χ0n) is 19.2. The lowest BCUT2D eigenvalue weighted by Gasteiger charge is -2.43. The molecule has 34 heavy (non-hydrogen) atoms. The lowest BCUT2D eigenvalue weighted by Crippen LogP contribution is -2.56. The first-order valence-electron chi connectivity index (χ1n) is 11.7. The van der Waals surface area contributed by atoms with Gasteiger partial charge in [0.25, 0.3) is 0 Å². The van der Waals surface area contributed by atoms with Crippen molar-refractivity contribution in [2.75, 3.05) is 31.2 Å². The van der Waals surface area contributed by atoms with Gasteiger partial charge < -0.3 is 20.1 Å². The Morgan fingerprint density at radius 1 is 1.06 bits per heavy atom. The topological polar surface area (TPSA) is 68.4 Å². The number of H-pyrrole nitrogens is 1. The summed E-state index contributed by atoms with van der Waals surface area (Å²) in [5.74, 6) is -1.79. The van der Waals surface area contributed by atoms with Gasteiger partial charge in [0.1, 0.15) is 5.54 Å². The fraction of sp³-hybridized carbons (Fsp3) is 0.385. The summed E-state index contributed by atoms with van der Waals surface area (Å²) in [6, 6.07) is 11.8. The number of carbonyl (C=O) groups excluding carboxylic acids is 2. The van der Waals surface area contributed by atoms with Crippen LogP contribution < -0.4 is 10.2 Å². The van der Waals surface area contributed by atoms with Gasteiger partial charge in [-0.15, -0.1) is 0 Å². The first-order chi connectivity index (χ1) is 16.4. The third-order valence-electron chi connectivity index (χ3n) is 7.19. The lowest BCUT2D eigenvalue weighted by molar-refractivity contribution is -0.125. The summed E-state index contributed by atoms with van der Waals surface area (Å²) in [4.78, 5) is 32.8. The predicted octanol–water partition coefficient (Wildman–Crippen LogP) is 4.15. The molecule has 2 aromatic carbocycles. The summed E-state index contributed by atoms with van der Waals surface area (Å²) in [6.45, 7) is 4.49. The maximum Gasteiger partial charge on any atom is 0.247 e. The van der Waals surface area contributed by atoms with Crippen molar-refractivity contribution in [3.63, 3.8) is 0 Å². The van der Waals surface area contributed by atoms with Crippen LogP contribution in [0.1, 0.15) is 41.7 Å². The maximum absolute atomic E-state index is 13.8. The van der Waals surface area contributed by atoms with Crippen LogP contribution in [0.4, 0.5) is 14.5 Å². The zero-order valence-corrected chi connectivity index (χ0v) is 19.2. The van der Waals surface area contributed by atoms with Crippen LogP contribution >= 0.6 is 0 Å². The molecule has 2 aliphatic heterocycles. The van der Waals surface area contributed by atoms with Crippen molar-refractivity contribution in [2.45, 2.75) is 38.1 Å². The number of carbonyl (C=O) groups is 2. The number of nitrogens with zero attached hydrogens (tertiary/aromatic N) is 2. The van der Waals surface area contributed by atoms with Crippen LogP contribution in [0.2, 0.25) is 0 Å². The first-order valence-corrected chi connectivity index (χ1v) is 11.7. The number of amides is 1. The van der Waals surface area contributed by atoms with E-state index in [0.717, 1.165) is 41.6 Å². The molecule has 178 valence electrons. The average molecular weight is 467 g/mol. The van der Waals surface area contributed by atoms with E-state index in [2.05, 4.69) is 21.3 Å². The number of aromatic amines is 1. The van der Waals surface area contributed by atoms with E-state index >= 15 is 0 Å². The molecule has 0 saturated carbocycles. The summed E-state index contributed by atoms with van der Waals surface area (Å²) in [5, 5.41) is 3.92. The first kappa shape index (κ1) is 22.5. The number of aromatic nitrogens is 1. The van der Waals surface area contributed by atoms with E-state index in [9.17, 15) is 18.4 Å². The zero-order chi connectivity index (χ0) is 23.9. The highest BCUT2D eigenvalue weighted by atomic mass is 19.2. The van der Waals surface area contributed by atoms with E-state index in [1.165, 1.54) is 6.07 Å². The van der Waals surface area contributed by atoms with Crippen molar-refractivity contribution in [1.29, 1.82) is 0 Å². The molecule has 6 nitrogen and oxygen atoms in total. The summed E-state index contributed by atoms with van der Waals surface area (Å²) in [6.07, 6.45) is 2.37. The average Bonchev–Trinajstić information content (AvgIpc) is 3.38. The molecule has 3 heterocycles. The minimum Gasteiger partial charge on any atom is -0.352 e. The van der Waals surface area contributed by atoms with Crippen molar-refractivity contribution >= 4 is 28.3 Å². The van der Waals surface area contributed by atoms with Gasteiger partial charge in [0.05, 0.1) is 12.4 Å². The third-order valence-corrected chi connectivity index (χ3v) is 7.19. The summed E-state index contributed by atoms with van der Waals surface area (Å²) < 4.78 is 27.2. The number of aryl methyl sites for hydroxylation is 1. The highest BCUT2D eigenvalue weighted by molar-refractivity contribution is 5.99. The van der Waals surface area contributed by atoms with Gasteiger partial charge in [0.15, 0.2) is 17.4 Å². The largest absolute Gasteiger partial charge is 0.352 e. The Kier molecular flexibility index (Phi) is 5.85.